The van der Waals surface area contributed by atoms with Gasteiger partial charge in [-0.3, -0.25) is 9.20 Å². The second-order valence-electron chi connectivity index (χ2n) is 6.02. The number of aryl methyl sites for hydroxylation is 1. The van der Waals surface area contributed by atoms with Gasteiger partial charge >= 0.3 is 0 Å². The zero-order valence-corrected chi connectivity index (χ0v) is 14.4. The van der Waals surface area contributed by atoms with Crippen molar-refractivity contribution in [1.82, 2.24) is 9.38 Å². The van der Waals surface area contributed by atoms with Crippen molar-refractivity contribution in [3.8, 4) is 0 Å². The van der Waals surface area contributed by atoms with Gasteiger partial charge in [-0.1, -0.05) is 36.0 Å². The molecule has 0 saturated heterocycles. The Bertz CT molecular complexity index is 889. The van der Waals surface area contributed by atoms with Gasteiger partial charge in [0.15, 0.2) is 5.16 Å². The lowest BCUT2D eigenvalue weighted by Crippen LogP contribution is -2.40. The number of para-hydroxylation sites is 1. The monoisotopic (exact) mass is 337 g/mol. The summed E-state index contributed by atoms with van der Waals surface area (Å²) in [5.74, 6) is 0.153. The highest BCUT2D eigenvalue weighted by Crippen LogP contribution is 2.30. The van der Waals surface area contributed by atoms with Crippen LogP contribution < -0.4 is 4.90 Å². The normalized spacial score (nSPS) is 15.3. The van der Waals surface area contributed by atoms with Gasteiger partial charge in [0, 0.05) is 18.4 Å². The summed E-state index contributed by atoms with van der Waals surface area (Å²) in [6.45, 7) is 2.76. The third-order valence-electron chi connectivity index (χ3n) is 4.41. The molecule has 4 rings (SSSR count). The topological polar surface area (TPSA) is 37.6 Å². The molecule has 4 nitrogen and oxygen atoms in total. The minimum absolute atomic E-state index is 0.153. The molecule has 0 N–H and O–H groups in total. The first-order chi connectivity index (χ1) is 11.7. The van der Waals surface area contributed by atoms with E-state index in [0.29, 0.717) is 0 Å². The third kappa shape index (κ3) is 2.69. The lowest BCUT2D eigenvalue weighted by molar-refractivity contribution is -0.117. The number of imidazole rings is 1. The predicted octanol–water partition coefficient (Wildman–Crippen LogP) is 3.79. The van der Waals surface area contributed by atoms with Crippen molar-refractivity contribution in [2.24, 2.45) is 0 Å². The molecule has 0 bridgehead atoms. The number of pyridine rings is 1. The summed E-state index contributed by atoms with van der Waals surface area (Å²) >= 11 is 1.52. The lowest BCUT2D eigenvalue weighted by Gasteiger charge is -2.31. The van der Waals surface area contributed by atoms with Crippen molar-refractivity contribution < 1.29 is 4.79 Å². The van der Waals surface area contributed by atoms with Crippen molar-refractivity contribution in [2.45, 2.75) is 30.2 Å². The smallest absolute Gasteiger partial charge is 0.240 e. The van der Waals surface area contributed by atoms with Gasteiger partial charge in [0.1, 0.15) is 0 Å². The Kier molecular flexibility index (Phi) is 4.02. The first-order valence-corrected chi connectivity index (χ1v) is 9.10. The highest BCUT2D eigenvalue weighted by atomic mass is 32.2. The van der Waals surface area contributed by atoms with Crippen molar-refractivity contribution in [3.63, 3.8) is 0 Å². The Morgan fingerprint density at radius 2 is 2.04 bits per heavy atom. The molecule has 1 aliphatic heterocycles. The van der Waals surface area contributed by atoms with Crippen LogP contribution in [-0.4, -0.2) is 27.1 Å². The summed E-state index contributed by atoms with van der Waals surface area (Å²) in [4.78, 5) is 19.4. The summed E-state index contributed by atoms with van der Waals surface area (Å²) in [6, 6.07) is 14.2. The molecular formula is C19H19N3OS. The SMILES string of the molecule is CC(Sc1ncc2ccccn12)C(=O)N1CCCc2ccccc21. The molecule has 0 fully saturated rings. The standard InChI is InChI=1S/C19H19N3OS/c1-14(24-19-20-13-16-9-4-5-11-21(16)19)18(23)22-12-6-8-15-7-2-3-10-17(15)22/h2-5,7,9-11,13-14H,6,8,12H2,1H3. The molecule has 0 spiro atoms. The maximum Gasteiger partial charge on any atom is 0.240 e. The molecule has 1 amide bonds. The molecule has 122 valence electrons. The van der Waals surface area contributed by atoms with Crippen LogP contribution in [0.3, 0.4) is 0 Å². The van der Waals surface area contributed by atoms with Crippen molar-refractivity contribution >= 4 is 28.9 Å². The fourth-order valence-corrected chi connectivity index (χ4v) is 4.13. The molecule has 1 aliphatic rings. The van der Waals surface area contributed by atoms with Gasteiger partial charge in [-0.05, 0) is 43.5 Å². The number of rotatable bonds is 3. The van der Waals surface area contributed by atoms with Crippen LogP contribution >= 0.6 is 11.8 Å². The molecule has 3 heterocycles. The van der Waals surface area contributed by atoms with E-state index in [4.69, 9.17) is 0 Å². The Morgan fingerprint density at radius 3 is 2.96 bits per heavy atom. The summed E-state index contributed by atoms with van der Waals surface area (Å²) < 4.78 is 2.03. The van der Waals surface area contributed by atoms with Gasteiger partial charge in [-0.15, -0.1) is 0 Å². The second-order valence-corrected chi connectivity index (χ2v) is 7.33. The molecule has 0 saturated carbocycles. The molecule has 1 aromatic carbocycles. The number of aromatic nitrogens is 2. The van der Waals surface area contributed by atoms with Crippen LogP contribution in [0.1, 0.15) is 18.9 Å². The maximum atomic E-state index is 13.0. The number of hydrogen-bond donors (Lipinski definition) is 0. The van der Waals surface area contributed by atoms with Gasteiger partial charge < -0.3 is 4.90 Å². The molecule has 2 aromatic heterocycles. The quantitative estimate of drug-likeness (QED) is 0.682. The number of nitrogens with zero attached hydrogens (tertiary/aromatic N) is 3. The van der Waals surface area contributed by atoms with Crippen LogP contribution in [0, 0.1) is 0 Å². The number of hydrogen-bond acceptors (Lipinski definition) is 3. The van der Waals surface area contributed by atoms with Gasteiger partial charge in [0.25, 0.3) is 0 Å². The van der Waals surface area contributed by atoms with E-state index in [1.807, 2.05) is 58.9 Å². The Balaban J connectivity index is 1.57. The molecular weight excluding hydrogens is 318 g/mol. The van der Waals surface area contributed by atoms with Crippen LogP contribution in [-0.2, 0) is 11.2 Å². The minimum atomic E-state index is -0.179. The van der Waals surface area contributed by atoms with E-state index in [1.165, 1.54) is 17.3 Å². The third-order valence-corrected chi connectivity index (χ3v) is 5.48. The minimum Gasteiger partial charge on any atom is -0.311 e. The van der Waals surface area contributed by atoms with E-state index in [-0.39, 0.29) is 11.2 Å². The summed E-state index contributed by atoms with van der Waals surface area (Å²) in [6.07, 6.45) is 5.90. The van der Waals surface area contributed by atoms with Crippen LogP contribution in [0.4, 0.5) is 5.69 Å². The highest BCUT2D eigenvalue weighted by Gasteiger charge is 2.27. The average Bonchev–Trinajstić information content (AvgIpc) is 3.03. The molecule has 1 unspecified atom stereocenters. The maximum absolute atomic E-state index is 13.0. The fraction of sp³-hybridized carbons (Fsp3) is 0.263. The fourth-order valence-electron chi connectivity index (χ4n) is 3.20. The number of carbonyl (C=O) groups excluding carboxylic acids is 1. The van der Waals surface area contributed by atoms with E-state index in [2.05, 4.69) is 17.1 Å². The van der Waals surface area contributed by atoms with Crippen LogP contribution in [0.15, 0.2) is 60.0 Å². The lowest BCUT2D eigenvalue weighted by atomic mass is 10.0. The van der Waals surface area contributed by atoms with Crippen LogP contribution in [0.5, 0.6) is 0 Å². The van der Waals surface area contributed by atoms with Gasteiger partial charge in [-0.25, -0.2) is 4.98 Å². The van der Waals surface area contributed by atoms with Crippen molar-refractivity contribution in [1.29, 1.82) is 0 Å². The van der Waals surface area contributed by atoms with E-state index in [0.717, 1.165) is 35.7 Å². The predicted molar refractivity (Wildman–Crippen MR) is 97.6 cm³/mol. The van der Waals surface area contributed by atoms with Crippen molar-refractivity contribution in [3.05, 3.63) is 60.4 Å². The number of amides is 1. The number of benzene rings is 1. The molecule has 0 radical (unpaired) electrons. The Morgan fingerprint density at radius 1 is 1.21 bits per heavy atom. The number of thioether (sulfide) groups is 1. The van der Waals surface area contributed by atoms with E-state index in [1.54, 1.807) is 0 Å². The Hall–Kier alpha value is -2.27. The molecule has 24 heavy (non-hydrogen) atoms. The van der Waals surface area contributed by atoms with Crippen LogP contribution in [0.25, 0.3) is 5.52 Å². The van der Waals surface area contributed by atoms with E-state index in [9.17, 15) is 4.79 Å². The number of anilines is 1. The van der Waals surface area contributed by atoms with Crippen molar-refractivity contribution in [2.75, 3.05) is 11.4 Å². The van der Waals surface area contributed by atoms with Gasteiger partial charge in [-0.2, -0.15) is 0 Å². The Labute approximate surface area is 145 Å². The zero-order chi connectivity index (χ0) is 16.5. The van der Waals surface area contributed by atoms with E-state index < -0.39 is 0 Å². The summed E-state index contributed by atoms with van der Waals surface area (Å²) in [5, 5.41) is 0.679. The number of fused-ring (bicyclic) bond motifs is 2. The second kappa shape index (κ2) is 6.32. The largest absolute Gasteiger partial charge is 0.311 e. The summed E-state index contributed by atoms with van der Waals surface area (Å²) in [7, 11) is 0. The first-order valence-electron chi connectivity index (χ1n) is 8.22. The van der Waals surface area contributed by atoms with Crippen LogP contribution in [0.2, 0.25) is 0 Å². The average molecular weight is 337 g/mol. The van der Waals surface area contributed by atoms with Gasteiger partial charge in [0.05, 0.1) is 17.0 Å². The molecule has 0 aliphatic carbocycles. The number of carbonyl (C=O) groups is 1. The molecule has 1 atom stereocenters. The zero-order valence-electron chi connectivity index (χ0n) is 13.6. The van der Waals surface area contributed by atoms with Gasteiger partial charge in [0.2, 0.25) is 5.91 Å². The molecule has 3 aromatic rings. The summed E-state index contributed by atoms with van der Waals surface area (Å²) in [5.41, 5.74) is 3.37. The highest BCUT2D eigenvalue weighted by molar-refractivity contribution is 8.00. The van der Waals surface area contributed by atoms with E-state index >= 15 is 0 Å². The first kappa shape index (κ1) is 15.3. The molecule has 5 heteroatoms.